The molecule has 1 aliphatic heterocycles. The molecule has 0 spiro atoms. The van der Waals surface area contributed by atoms with E-state index in [1.807, 2.05) is 35.7 Å². The number of hydrogen-bond acceptors (Lipinski definition) is 4. The molecule has 3 rings (SSSR count). The van der Waals surface area contributed by atoms with Gasteiger partial charge in [-0.05, 0) is 23.9 Å². The van der Waals surface area contributed by atoms with Crippen molar-refractivity contribution in [3.05, 3.63) is 58.3 Å². The number of benzene rings is 1. The van der Waals surface area contributed by atoms with Crippen molar-refractivity contribution in [3.8, 4) is 0 Å². The Morgan fingerprint density at radius 2 is 1.92 bits per heavy atom. The number of rotatable bonds is 5. The average Bonchev–Trinajstić information content (AvgIpc) is 3.18. The summed E-state index contributed by atoms with van der Waals surface area (Å²) in [4.78, 5) is 41.0. The molecule has 0 saturated carbocycles. The largest absolute Gasteiger partial charge is 0.339 e. The number of amides is 4. The Morgan fingerprint density at radius 3 is 2.56 bits per heavy atom. The minimum absolute atomic E-state index is 0.269. The van der Waals surface area contributed by atoms with Gasteiger partial charge in [0.2, 0.25) is 5.91 Å². The van der Waals surface area contributed by atoms with E-state index in [4.69, 9.17) is 0 Å². The first-order valence-corrected chi connectivity index (χ1v) is 8.76. The molecule has 130 valence electrons. The summed E-state index contributed by atoms with van der Waals surface area (Å²) in [5, 5.41) is 4.65. The highest BCUT2D eigenvalue weighted by Gasteiger charge is 2.49. The first-order chi connectivity index (χ1) is 11.9. The summed E-state index contributed by atoms with van der Waals surface area (Å²) in [6.07, 6.45) is 0. The molecule has 0 aliphatic carbocycles. The molecule has 1 fully saturated rings. The molecule has 2 heterocycles. The van der Waals surface area contributed by atoms with Crippen LogP contribution in [0, 0.1) is 0 Å². The number of imide groups is 1. The third-order valence-electron chi connectivity index (χ3n) is 4.32. The fraction of sp³-hybridized carbons (Fsp3) is 0.278. The molecule has 1 aromatic carbocycles. The van der Waals surface area contributed by atoms with Crippen molar-refractivity contribution in [3.63, 3.8) is 0 Å². The number of likely N-dealkylation sites (N-methyl/N-ethyl adjacent to an activating group) is 1. The first-order valence-electron chi connectivity index (χ1n) is 7.88. The lowest BCUT2D eigenvalue weighted by molar-refractivity contribution is -0.138. The van der Waals surface area contributed by atoms with Crippen LogP contribution in [0.15, 0.2) is 47.8 Å². The van der Waals surface area contributed by atoms with Gasteiger partial charge < -0.3 is 10.2 Å². The van der Waals surface area contributed by atoms with Crippen LogP contribution in [0.2, 0.25) is 0 Å². The van der Waals surface area contributed by atoms with Crippen molar-refractivity contribution in [2.45, 2.75) is 19.0 Å². The minimum Gasteiger partial charge on any atom is -0.339 e. The van der Waals surface area contributed by atoms with E-state index in [1.165, 1.54) is 4.90 Å². The van der Waals surface area contributed by atoms with E-state index < -0.39 is 17.5 Å². The third kappa shape index (κ3) is 3.28. The molecule has 1 atom stereocenters. The number of nitrogens with zero attached hydrogens (tertiary/aromatic N) is 2. The number of urea groups is 1. The number of thiophene rings is 1. The highest BCUT2D eigenvalue weighted by molar-refractivity contribution is 7.09. The van der Waals surface area contributed by atoms with Gasteiger partial charge >= 0.3 is 6.03 Å². The Labute approximate surface area is 150 Å². The molecule has 4 amide bonds. The topological polar surface area (TPSA) is 69.7 Å². The number of carbonyl (C=O) groups is 3. The molecule has 1 saturated heterocycles. The highest BCUT2D eigenvalue weighted by atomic mass is 32.1. The molecule has 1 aromatic heterocycles. The zero-order valence-electron chi connectivity index (χ0n) is 14.1. The predicted molar refractivity (Wildman–Crippen MR) is 94.8 cm³/mol. The Balaban J connectivity index is 1.71. The maximum atomic E-state index is 12.8. The number of carbonyl (C=O) groups excluding carboxylic acids is 3. The second-order valence-corrected chi connectivity index (χ2v) is 7.17. The first kappa shape index (κ1) is 17.2. The van der Waals surface area contributed by atoms with E-state index in [0.717, 1.165) is 9.78 Å². The van der Waals surface area contributed by atoms with Gasteiger partial charge in [0.1, 0.15) is 12.1 Å². The third-order valence-corrected chi connectivity index (χ3v) is 5.18. The molecule has 1 aliphatic rings. The standard InChI is InChI=1S/C18H19N3O3S/c1-18(13-7-4-3-5-8-13)16(23)21(17(24)19-18)12-15(22)20(2)11-14-9-6-10-25-14/h3-10H,11-12H2,1-2H3,(H,19,24)/t18-/m0/s1. The van der Waals surface area contributed by atoms with Crippen LogP contribution in [-0.2, 0) is 21.7 Å². The lowest BCUT2D eigenvalue weighted by atomic mass is 9.92. The van der Waals surface area contributed by atoms with Gasteiger partial charge in [-0.15, -0.1) is 11.3 Å². The fourth-order valence-electron chi connectivity index (χ4n) is 2.79. The van der Waals surface area contributed by atoms with E-state index in [-0.39, 0.29) is 12.5 Å². The van der Waals surface area contributed by atoms with E-state index in [1.54, 1.807) is 37.4 Å². The van der Waals surface area contributed by atoms with Gasteiger partial charge in [0.25, 0.3) is 5.91 Å². The van der Waals surface area contributed by atoms with Gasteiger partial charge in [-0.3, -0.25) is 14.5 Å². The molecule has 6 nitrogen and oxygen atoms in total. The second-order valence-electron chi connectivity index (χ2n) is 6.14. The summed E-state index contributed by atoms with van der Waals surface area (Å²) in [6.45, 7) is 1.84. The second kappa shape index (κ2) is 6.68. The van der Waals surface area contributed by atoms with Gasteiger partial charge in [-0.1, -0.05) is 36.4 Å². The molecular weight excluding hydrogens is 338 g/mol. The van der Waals surface area contributed by atoms with Crippen molar-refractivity contribution in [1.82, 2.24) is 15.1 Å². The van der Waals surface area contributed by atoms with Gasteiger partial charge in [0.15, 0.2) is 0 Å². The summed E-state index contributed by atoms with van der Waals surface area (Å²) in [6, 6.07) is 12.3. The molecule has 0 unspecified atom stereocenters. The maximum absolute atomic E-state index is 12.8. The summed E-state index contributed by atoms with van der Waals surface area (Å²) in [7, 11) is 1.66. The SMILES string of the molecule is CN(Cc1cccs1)C(=O)CN1C(=O)N[C@@](C)(c2ccccc2)C1=O. The summed E-state index contributed by atoms with van der Waals surface area (Å²) >= 11 is 1.56. The van der Waals surface area contributed by atoms with Crippen molar-refractivity contribution < 1.29 is 14.4 Å². The van der Waals surface area contributed by atoms with Crippen molar-refractivity contribution in [1.29, 1.82) is 0 Å². The lowest BCUT2D eigenvalue weighted by Gasteiger charge is -2.23. The van der Waals surface area contributed by atoms with Crippen LogP contribution in [0.5, 0.6) is 0 Å². The average molecular weight is 357 g/mol. The van der Waals surface area contributed by atoms with Gasteiger partial charge in [0.05, 0.1) is 6.54 Å². The zero-order chi connectivity index (χ0) is 18.0. The predicted octanol–water partition coefficient (Wildman–Crippen LogP) is 2.17. The van der Waals surface area contributed by atoms with Crippen LogP contribution in [-0.4, -0.2) is 41.2 Å². The highest BCUT2D eigenvalue weighted by Crippen LogP contribution is 2.28. The fourth-order valence-corrected chi connectivity index (χ4v) is 3.55. The quantitative estimate of drug-likeness (QED) is 0.834. The van der Waals surface area contributed by atoms with E-state index in [2.05, 4.69) is 5.32 Å². The van der Waals surface area contributed by atoms with Crippen molar-refractivity contribution in [2.75, 3.05) is 13.6 Å². The summed E-state index contributed by atoms with van der Waals surface area (Å²) in [5.74, 6) is -0.698. The van der Waals surface area contributed by atoms with Gasteiger partial charge in [-0.2, -0.15) is 0 Å². The van der Waals surface area contributed by atoms with Crippen LogP contribution in [0.3, 0.4) is 0 Å². The molecule has 0 radical (unpaired) electrons. The van der Waals surface area contributed by atoms with Crippen LogP contribution >= 0.6 is 11.3 Å². The molecule has 7 heteroatoms. The van der Waals surface area contributed by atoms with E-state index in [9.17, 15) is 14.4 Å². The molecular formula is C18H19N3O3S. The lowest BCUT2D eigenvalue weighted by Crippen LogP contribution is -2.43. The normalized spacial score (nSPS) is 19.8. The van der Waals surface area contributed by atoms with E-state index >= 15 is 0 Å². The Bertz CT molecular complexity index is 791. The molecule has 1 N–H and O–H groups in total. The van der Waals surface area contributed by atoms with E-state index in [0.29, 0.717) is 12.1 Å². The summed E-state index contributed by atoms with van der Waals surface area (Å²) in [5.41, 5.74) is -0.458. The van der Waals surface area contributed by atoms with Crippen LogP contribution in [0.4, 0.5) is 4.79 Å². The molecule has 25 heavy (non-hydrogen) atoms. The summed E-state index contributed by atoms with van der Waals surface area (Å²) < 4.78 is 0. The Kier molecular flexibility index (Phi) is 4.59. The monoisotopic (exact) mass is 357 g/mol. The van der Waals surface area contributed by atoms with Gasteiger partial charge in [0, 0.05) is 11.9 Å². The number of nitrogens with one attached hydrogen (secondary N) is 1. The molecule has 0 bridgehead atoms. The smallest absolute Gasteiger partial charge is 0.325 e. The zero-order valence-corrected chi connectivity index (χ0v) is 14.9. The van der Waals surface area contributed by atoms with Gasteiger partial charge in [-0.25, -0.2) is 4.79 Å². The Hall–Kier alpha value is -2.67. The van der Waals surface area contributed by atoms with Crippen LogP contribution in [0.1, 0.15) is 17.4 Å². The van der Waals surface area contributed by atoms with Crippen molar-refractivity contribution >= 4 is 29.2 Å². The maximum Gasteiger partial charge on any atom is 0.325 e. The number of hydrogen-bond donors (Lipinski definition) is 1. The molecule has 2 aromatic rings. The minimum atomic E-state index is -1.15. The van der Waals surface area contributed by atoms with Crippen LogP contribution in [0.25, 0.3) is 0 Å². The van der Waals surface area contributed by atoms with Crippen LogP contribution < -0.4 is 5.32 Å². The van der Waals surface area contributed by atoms with Crippen molar-refractivity contribution in [2.24, 2.45) is 0 Å². The Morgan fingerprint density at radius 1 is 1.20 bits per heavy atom.